The summed E-state index contributed by atoms with van der Waals surface area (Å²) in [6.07, 6.45) is 2.74. The number of hydrogen-bond acceptors (Lipinski definition) is 3. The van der Waals surface area contributed by atoms with E-state index >= 15 is 0 Å². The second kappa shape index (κ2) is 4.82. The first kappa shape index (κ1) is 10.8. The molecule has 4 heteroatoms. The lowest BCUT2D eigenvalue weighted by Crippen LogP contribution is -2.05. The monoisotopic (exact) mass is 202 g/mol. The van der Waals surface area contributed by atoms with Crippen LogP contribution >= 0.6 is 0 Å². The normalized spacial score (nSPS) is 9.87. The maximum atomic E-state index is 10.6. The van der Waals surface area contributed by atoms with Gasteiger partial charge in [-0.25, -0.2) is 0 Å². The molecule has 1 rings (SSSR count). The van der Waals surface area contributed by atoms with Crippen LogP contribution in [0.5, 0.6) is 5.75 Å². The van der Waals surface area contributed by atoms with Crippen LogP contribution in [0.15, 0.2) is 24.3 Å². The first-order valence-corrected chi connectivity index (χ1v) is 4.23. The number of carbonyl (C=O) groups excluding carboxylic acids is 1. The maximum absolute atomic E-state index is 10.6. The summed E-state index contributed by atoms with van der Waals surface area (Å²) in [5.74, 6) is 0.0471. The Morgan fingerprint density at radius 3 is 2.87 bits per heavy atom. The highest BCUT2D eigenvalue weighted by Crippen LogP contribution is 2.20. The minimum atomic E-state index is -0.542. The van der Waals surface area contributed by atoms with Gasteiger partial charge in [-0.05, 0) is 24.3 Å². The third kappa shape index (κ3) is 2.85. The molecule has 0 fully saturated rings. The van der Waals surface area contributed by atoms with E-state index in [1.54, 1.807) is 18.2 Å². The van der Waals surface area contributed by atoms with E-state index in [2.05, 4.69) is 0 Å². The average Bonchev–Trinajstić information content (AvgIpc) is 2.25. The molecule has 0 unspecified atom stereocenters. The Morgan fingerprint density at radius 2 is 2.33 bits per heavy atom. The van der Waals surface area contributed by atoms with E-state index < -0.39 is 5.91 Å². The van der Waals surface area contributed by atoms with Crippen LogP contribution < -0.4 is 10.5 Å². The predicted octanol–water partition coefficient (Wildman–Crippen LogP) is 1.07. The second-order valence-corrected chi connectivity index (χ2v) is 2.80. The summed E-state index contributed by atoms with van der Waals surface area (Å²) in [6, 6.07) is 6.93. The quantitative estimate of drug-likeness (QED) is 0.744. The second-order valence-electron chi connectivity index (χ2n) is 2.80. The molecular formula is C11H10N2O2. The lowest BCUT2D eigenvalue weighted by atomic mass is 10.1. The van der Waals surface area contributed by atoms with Gasteiger partial charge in [-0.15, -0.1) is 0 Å². The number of nitriles is 1. The van der Waals surface area contributed by atoms with Crippen LogP contribution in [0.1, 0.15) is 11.1 Å². The number of primary amides is 1. The summed E-state index contributed by atoms with van der Waals surface area (Å²) in [4.78, 5) is 10.6. The molecule has 15 heavy (non-hydrogen) atoms. The molecule has 0 saturated heterocycles. The summed E-state index contributed by atoms with van der Waals surface area (Å²) < 4.78 is 5.06. The largest absolute Gasteiger partial charge is 0.496 e. The minimum absolute atomic E-state index is 0.500. The van der Waals surface area contributed by atoms with Crippen molar-refractivity contribution in [3.63, 3.8) is 0 Å². The standard InChI is InChI=1S/C11H10N2O2/c1-15-10-4-2-8(7-12)6-9(10)3-5-11(13)14/h2-6H,1H3,(H2,13,14). The molecule has 4 nitrogen and oxygen atoms in total. The first-order valence-electron chi connectivity index (χ1n) is 4.23. The van der Waals surface area contributed by atoms with Crippen molar-refractivity contribution in [3.8, 4) is 11.8 Å². The fraction of sp³-hybridized carbons (Fsp3) is 0.0909. The van der Waals surface area contributed by atoms with Gasteiger partial charge in [0.05, 0.1) is 18.7 Å². The van der Waals surface area contributed by atoms with Crippen LogP contribution in [-0.2, 0) is 4.79 Å². The van der Waals surface area contributed by atoms with Gasteiger partial charge in [0.25, 0.3) is 0 Å². The first-order chi connectivity index (χ1) is 7.17. The van der Waals surface area contributed by atoms with Gasteiger partial charge in [0, 0.05) is 11.6 Å². The zero-order valence-corrected chi connectivity index (χ0v) is 8.23. The molecule has 1 aromatic rings. The van der Waals surface area contributed by atoms with Gasteiger partial charge in [0.1, 0.15) is 5.75 Å². The molecule has 0 saturated carbocycles. The van der Waals surface area contributed by atoms with E-state index in [4.69, 9.17) is 15.7 Å². The van der Waals surface area contributed by atoms with Gasteiger partial charge in [-0.3, -0.25) is 4.79 Å². The fourth-order valence-corrected chi connectivity index (χ4v) is 1.11. The molecule has 0 aliphatic heterocycles. The van der Waals surface area contributed by atoms with Crippen LogP contribution in [0, 0.1) is 11.3 Å². The summed E-state index contributed by atoms with van der Waals surface area (Å²) in [7, 11) is 1.52. The number of rotatable bonds is 3. The van der Waals surface area contributed by atoms with E-state index in [1.807, 2.05) is 6.07 Å². The number of hydrogen-bond donors (Lipinski definition) is 1. The van der Waals surface area contributed by atoms with Crippen LogP contribution in [0.2, 0.25) is 0 Å². The Labute approximate surface area is 87.6 Å². The summed E-state index contributed by atoms with van der Waals surface area (Å²) in [5, 5.41) is 8.70. The number of nitrogens with two attached hydrogens (primary N) is 1. The van der Waals surface area contributed by atoms with Crippen LogP contribution in [0.4, 0.5) is 0 Å². The highest BCUT2D eigenvalue weighted by Gasteiger charge is 2.01. The summed E-state index contributed by atoms with van der Waals surface area (Å²) in [5.41, 5.74) is 6.12. The Kier molecular flexibility index (Phi) is 3.47. The molecular weight excluding hydrogens is 192 g/mol. The molecule has 1 aromatic carbocycles. The van der Waals surface area contributed by atoms with Gasteiger partial charge < -0.3 is 10.5 Å². The van der Waals surface area contributed by atoms with Crippen LogP contribution in [0.3, 0.4) is 0 Å². The van der Waals surface area contributed by atoms with Crippen molar-refractivity contribution in [1.82, 2.24) is 0 Å². The number of carbonyl (C=O) groups is 1. The van der Waals surface area contributed by atoms with Gasteiger partial charge in [0.2, 0.25) is 5.91 Å². The summed E-state index contributed by atoms with van der Waals surface area (Å²) in [6.45, 7) is 0. The van der Waals surface area contributed by atoms with E-state index in [0.29, 0.717) is 16.9 Å². The Morgan fingerprint density at radius 1 is 1.60 bits per heavy atom. The molecule has 0 spiro atoms. The van der Waals surface area contributed by atoms with E-state index in [9.17, 15) is 4.79 Å². The number of amides is 1. The summed E-state index contributed by atoms with van der Waals surface area (Å²) >= 11 is 0. The highest BCUT2D eigenvalue weighted by molar-refractivity contribution is 5.90. The zero-order valence-electron chi connectivity index (χ0n) is 8.23. The molecule has 0 heterocycles. The molecule has 0 radical (unpaired) electrons. The molecule has 2 N–H and O–H groups in total. The lowest BCUT2D eigenvalue weighted by Gasteiger charge is -2.04. The van der Waals surface area contributed by atoms with Crippen molar-refractivity contribution in [3.05, 3.63) is 35.4 Å². The van der Waals surface area contributed by atoms with Crippen molar-refractivity contribution >= 4 is 12.0 Å². The molecule has 1 amide bonds. The van der Waals surface area contributed by atoms with Gasteiger partial charge in [-0.2, -0.15) is 5.26 Å². The Hall–Kier alpha value is -2.28. The molecule has 0 aromatic heterocycles. The molecule has 0 aliphatic rings. The van der Waals surface area contributed by atoms with Crippen molar-refractivity contribution in [1.29, 1.82) is 5.26 Å². The van der Waals surface area contributed by atoms with E-state index in [0.717, 1.165) is 0 Å². The average molecular weight is 202 g/mol. The van der Waals surface area contributed by atoms with Gasteiger partial charge >= 0.3 is 0 Å². The lowest BCUT2D eigenvalue weighted by molar-refractivity contribution is -0.113. The Balaban J connectivity index is 3.13. The third-order valence-electron chi connectivity index (χ3n) is 1.79. The molecule has 0 atom stereocenters. The fourth-order valence-electron chi connectivity index (χ4n) is 1.11. The van der Waals surface area contributed by atoms with Crippen LogP contribution in [-0.4, -0.2) is 13.0 Å². The molecule has 76 valence electrons. The van der Waals surface area contributed by atoms with Gasteiger partial charge in [-0.1, -0.05) is 0 Å². The maximum Gasteiger partial charge on any atom is 0.241 e. The SMILES string of the molecule is COc1ccc(C#N)cc1C=CC(N)=O. The topological polar surface area (TPSA) is 76.1 Å². The predicted molar refractivity (Wildman–Crippen MR) is 55.9 cm³/mol. The van der Waals surface area contributed by atoms with Crippen molar-refractivity contribution < 1.29 is 9.53 Å². The van der Waals surface area contributed by atoms with E-state index in [1.165, 1.54) is 19.3 Å². The zero-order chi connectivity index (χ0) is 11.3. The van der Waals surface area contributed by atoms with Crippen molar-refractivity contribution in [2.75, 3.05) is 7.11 Å². The highest BCUT2D eigenvalue weighted by atomic mass is 16.5. The molecule has 0 bridgehead atoms. The van der Waals surface area contributed by atoms with Gasteiger partial charge in [0.15, 0.2) is 0 Å². The smallest absolute Gasteiger partial charge is 0.241 e. The van der Waals surface area contributed by atoms with Crippen molar-refractivity contribution in [2.45, 2.75) is 0 Å². The number of benzene rings is 1. The number of nitrogens with zero attached hydrogens (tertiary/aromatic N) is 1. The Bertz CT molecular complexity index is 444. The third-order valence-corrected chi connectivity index (χ3v) is 1.79. The van der Waals surface area contributed by atoms with E-state index in [-0.39, 0.29) is 0 Å². The number of methoxy groups -OCH3 is 1. The van der Waals surface area contributed by atoms with Crippen LogP contribution in [0.25, 0.3) is 6.08 Å². The molecule has 0 aliphatic carbocycles. The minimum Gasteiger partial charge on any atom is -0.496 e. The van der Waals surface area contributed by atoms with Crippen molar-refractivity contribution in [2.24, 2.45) is 5.73 Å². The number of ether oxygens (including phenoxy) is 1.